The van der Waals surface area contributed by atoms with Crippen LogP contribution in [0.15, 0.2) is 0 Å². The van der Waals surface area contributed by atoms with Gasteiger partial charge in [0.2, 0.25) is 5.91 Å². The first-order chi connectivity index (χ1) is 12.5. The fraction of sp³-hybridized carbons (Fsp3) is 0.714. The summed E-state index contributed by atoms with van der Waals surface area (Å²) in [5.41, 5.74) is 2.75. The predicted molar refractivity (Wildman–Crippen MR) is 104 cm³/mol. The smallest absolute Gasteiger partial charge is 0.239 e. The highest BCUT2D eigenvalue weighted by Crippen LogP contribution is 2.36. The molecule has 0 unspecified atom stereocenters. The Morgan fingerprint density at radius 2 is 1.85 bits per heavy atom. The van der Waals surface area contributed by atoms with Crippen LogP contribution in [-0.4, -0.2) is 34.5 Å². The van der Waals surface area contributed by atoms with Crippen LogP contribution < -0.4 is 5.32 Å². The molecule has 1 saturated heterocycles. The minimum Gasteiger partial charge on any atom is -0.327 e. The summed E-state index contributed by atoms with van der Waals surface area (Å²) in [6.45, 7) is 7.68. The zero-order chi connectivity index (χ0) is 18.7. The molecule has 1 aromatic heterocycles. The molecular weight excluding hydrogens is 324 g/mol. The van der Waals surface area contributed by atoms with Gasteiger partial charge in [0.1, 0.15) is 11.9 Å². The van der Waals surface area contributed by atoms with E-state index in [1.165, 1.54) is 25.7 Å². The quantitative estimate of drug-likeness (QED) is 0.875. The Balaban J connectivity index is 1.82. The standard InChI is InChI=1S/C21H32N4O/c1-15-9-7-8-12-24(15)14-20(26)23-21-19(13-22)16(2)17(3)25(21)18-10-5-4-6-11-18/h15,18H,4-12,14H2,1-3H3,(H,23,26)/t15-/m0/s1. The summed E-state index contributed by atoms with van der Waals surface area (Å²) in [5, 5.41) is 12.8. The lowest BCUT2D eigenvalue weighted by Gasteiger charge is -2.33. The third kappa shape index (κ3) is 3.81. The van der Waals surface area contributed by atoms with Gasteiger partial charge in [-0.1, -0.05) is 25.7 Å². The van der Waals surface area contributed by atoms with Gasteiger partial charge in [0.15, 0.2) is 0 Å². The van der Waals surface area contributed by atoms with Crippen molar-refractivity contribution in [1.82, 2.24) is 9.47 Å². The molecule has 2 aliphatic rings. The Morgan fingerprint density at radius 1 is 1.15 bits per heavy atom. The molecule has 1 aromatic rings. The van der Waals surface area contributed by atoms with E-state index >= 15 is 0 Å². The summed E-state index contributed by atoms with van der Waals surface area (Å²) < 4.78 is 2.24. The van der Waals surface area contributed by atoms with Gasteiger partial charge in [-0.15, -0.1) is 0 Å². The van der Waals surface area contributed by atoms with Gasteiger partial charge in [-0.2, -0.15) is 5.26 Å². The molecule has 0 spiro atoms. The molecule has 142 valence electrons. The van der Waals surface area contributed by atoms with Gasteiger partial charge in [0.05, 0.1) is 12.1 Å². The van der Waals surface area contributed by atoms with Gasteiger partial charge in [0, 0.05) is 17.8 Å². The average molecular weight is 357 g/mol. The maximum atomic E-state index is 12.8. The lowest BCUT2D eigenvalue weighted by atomic mass is 9.95. The van der Waals surface area contributed by atoms with Crippen molar-refractivity contribution in [3.05, 3.63) is 16.8 Å². The number of hydrogen-bond acceptors (Lipinski definition) is 3. The second-order valence-corrected chi connectivity index (χ2v) is 8.07. The highest BCUT2D eigenvalue weighted by molar-refractivity contribution is 5.93. The molecular formula is C21H32N4O. The summed E-state index contributed by atoms with van der Waals surface area (Å²) in [7, 11) is 0. The van der Waals surface area contributed by atoms with E-state index < -0.39 is 0 Å². The van der Waals surface area contributed by atoms with E-state index in [1.807, 2.05) is 6.92 Å². The van der Waals surface area contributed by atoms with E-state index in [-0.39, 0.29) is 5.91 Å². The highest BCUT2D eigenvalue weighted by atomic mass is 16.2. The minimum absolute atomic E-state index is 0.00445. The Kier molecular flexibility index (Phi) is 6.03. The molecule has 1 aliphatic carbocycles. The molecule has 5 nitrogen and oxygen atoms in total. The topological polar surface area (TPSA) is 61.1 Å². The van der Waals surface area contributed by atoms with E-state index in [2.05, 4.69) is 34.7 Å². The third-order valence-corrected chi connectivity index (χ3v) is 6.35. The molecule has 1 N–H and O–H groups in total. The number of rotatable bonds is 4. The molecule has 1 saturated carbocycles. The van der Waals surface area contributed by atoms with Gasteiger partial charge in [-0.25, -0.2) is 0 Å². The number of likely N-dealkylation sites (tertiary alicyclic amines) is 1. The third-order valence-electron chi connectivity index (χ3n) is 6.35. The van der Waals surface area contributed by atoms with Crippen molar-refractivity contribution in [2.45, 2.75) is 84.2 Å². The second-order valence-electron chi connectivity index (χ2n) is 8.07. The van der Waals surface area contributed by atoms with E-state index in [1.54, 1.807) is 0 Å². The SMILES string of the molecule is Cc1c(C#N)c(NC(=O)CN2CCCC[C@@H]2C)n(C2CCCCC2)c1C. The van der Waals surface area contributed by atoms with Crippen LogP contribution in [0.4, 0.5) is 5.82 Å². The van der Waals surface area contributed by atoms with Crippen molar-refractivity contribution in [1.29, 1.82) is 5.26 Å². The predicted octanol–water partition coefficient (Wildman–Crippen LogP) is 4.29. The van der Waals surface area contributed by atoms with Crippen LogP contribution in [-0.2, 0) is 4.79 Å². The van der Waals surface area contributed by atoms with Crippen molar-refractivity contribution in [2.24, 2.45) is 0 Å². The van der Waals surface area contributed by atoms with Crippen molar-refractivity contribution in [3.8, 4) is 6.07 Å². The molecule has 2 heterocycles. The van der Waals surface area contributed by atoms with Crippen LogP contribution in [0.1, 0.15) is 81.2 Å². The largest absolute Gasteiger partial charge is 0.327 e. The number of aromatic nitrogens is 1. The number of nitrogens with zero attached hydrogens (tertiary/aromatic N) is 3. The van der Waals surface area contributed by atoms with Crippen molar-refractivity contribution < 1.29 is 4.79 Å². The fourth-order valence-electron chi connectivity index (χ4n) is 4.63. The Labute approximate surface area is 157 Å². The molecule has 3 rings (SSSR count). The van der Waals surface area contributed by atoms with Crippen LogP contribution >= 0.6 is 0 Å². The molecule has 0 bridgehead atoms. The summed E-state index contributed by atoms with van der Waals surface area (Å²) >= 11 is 0. The van der Waals surface area contributed by atoms with Gasteiger partial charge < -0.3 is 9.88 Å². The van der Waals surface area contributed by atoms with Crippen LogP contribution in [0.25, 0.3) is 0 Å². The van der Waals surface area contributed by atoms with Crippen molar-refractivity contribution in [2.75, 3.05) is 18.4 Å². The first kappa shape index (κ1) is 19.0. The van der Waals surface area contributed by atoms with Gasteiger partial charge in [0.25, 0.3) is 0 Å². The lowest BCUT2D eigenvalue weighted by molar-refractivity contribution is -0.118. The maximum Gasteiger partial charge on any atom is 0.239 e. The molecule has 1 aliphatic heterocycles. The number of anilines is 1. The number of nitrogens with one attached hydrogen (secondary N) is 1. The fourth-order valence-corrected chi connectivity index (χ4v) is 4.63. The Morgan fingerprint density at radius 3 is 2.50 bits per heavy atom. The summed E-state index contributed by atoms with van der Waals surface area (Å²) in [6.07, 6.45) is 9.57. The van der Waals surface area contributed by atoms with Crippen LogP contribution in [0.3, 0.4) is 0 Å². The summed E-state index contributed by atoms with van der Waals surface area (Å²) in [6, 6.07) is 3.19. The number of piperidine rings is 1. The average Bonchev–Trinajstić information content (AvgIpc) is 2.87. The summed E-state index contributed by atoms with van der Waals surface area (Å²) in [4.78, 5) is 15.0. The zero-order valence-corrected chi connectivity index (χ0v) is 16.5. The molecule has 26 heavy (non-hydrogen) atoms. The number of carbonyl (C=O) groups is 1. The number of carbonyl (C=O) groups excluding carboxylic acids is 1. The molecule has 0 radical (unpaired) electrons. The van der Waals surface area contributed by atoms with E-state index in [4.69, 9.17) is 0 Å². The maximum absolute atomic E-state index is 12.8. The van der Waals surface area contributed by atoms with Crippen LogP contribution in [0, 0.1) is 25.2 Å². The number of hydrogen-bond donors (Lipinski definition) is 1. The normalized spacial score (nSPS) is 22.2. The van der Waals surface area contributed by atoms with E-state index in [9.17, 15) is 10.1 Å². The van der Waals surface area contributed by atoms with Gasteiger partial charge >= 0.3 is 0 Å². The minimum atomic E-state index is 0.00445. The number of amides is 1. The number of nitriles is 1. The van der Waals surface area contributed by atoms with Gasteiger partial charge in [-0.3, -0.25) is 9.69 Å². The highest BCUT2D eigenvalue weighted by Gasteiger charge is 2.27. The first-order valence-electron chi connectivity index (χ1n) is 10.2. The van der Waals surface area contributed by atoms with Gasteiger partial charge in [-0.05, 0) is 58.6 Å². The van der Waals surface area contributed by atoms with E-state index in [0.717, 1.165) is 49.3 Å². The Bertz CT molecular complexity index is 694. The molecule has 1 atom stereocenters. The summed E-state index contributed by atoms with van der Waals surface area (Å²) in [5.74, 6) is 0.730. The first-order valence-corrected chi connectivity index (χ1v) is 10.2. The lowest BCUT2D eigenvalue weighted by Crippen LogP contribution is -2.42. The van der Waals surface area contributed by atoms with E-state index in [0.29, 0.717) is 24.2 Å². The monoisotopic (exact) mass is 356 g/mol. The molecule has 1 amide bonds. The molecule has 0 aromatic carbocycles. The Hall–Kier alpha value is -1.80. The second kappa shape index (κ2) is 8.26. The van der Waals surface area contributed by atoms with Crippen molar-refractivity contribution >= 4 is 11.7 Å². The van der Waals surface area contributed by atoms with Crippen LogP contribution in [0.5, 0.6) is 0 Å². The molecule has 2 fully saturated rings. The molecule has 5 heteroatoms. The zero-order valence-electron chi connectivity index (χ0n) is 16.5. The van der Waals surface area contributed by atoms with Crippen LogP contribution in [0.2, 0.25) is 0 Å². The van der Waals surface area contributed by atoms with Crippen molar-refractivity contribution in [3.63, 3.8) is 0 Å².